The summed E-state index contributed by atoms with van der Waals surface area (Å²) in [6, 6.07) is 55.3. The first-order valence-electron chi connectivity index (χ1n) is 20.4. The van der Waals surface area contributed by atoms with E-state index >= 15 is 0 Å². The minimum Gasteiger partial charge on any atom is -0.457 e. The highest BCUT2D eigenvalue weighted by molar-refractivity contribution is 6.08. The van der Waals surface area contributed by atoms with E-state index in [0.717, 1.165) is 53.5 Å². The lowest BCUT2D eigenvalue weighted by Gasteiger charge is -2.39. The average Bonchev–Trinajstić information content (AvgIpc) is 3.59. The summed E-state index contributed by atoms with van der Waals surface area (Å²) in [6.45, 7) is 0. The Bertz CT molecular complexity index is 3100. The number of nitrogens with zero attached hydrogens (tertiary/aromatic N) is 2. The molecule has 3 nitrogen and oxygen atoms in total. The Kier molecular flexibility index (Phi) is 7.40. The number of hydrogen-bond acceptors (Lipinski definition) is 3. The Balaban J connectivity index is 0.960. The summed E-state index contributed by atoms with van der Waals surface area (Å²) < 4.78 is 6.74. The zero-order valence-electron chi connectivity index (χ0n) is 31.9. The summed E-state index contributed by atoms with van der Waals surface area (Å²) >= 11 is 0. The Morgan fingerprint density at radius 2 is 1.24 bits per heavy atom. The molecule has 0 saturated carbocycles. The maximum Gasteiger partial charge on any atom is 0.156 e. The van der Waals surface area contributed by atoms with Gasteiger partial charge in [0, 0.05) is 22.6 Å². The molecular formula is C55H38N2O. The number of rotatable bonds is 4. The minimum atomic E-state index is -0.497. The highest BCUT2D eigenvalue weighted by Gasteiger charge is 2.51. The van der Waals surface area contributed by atoms with Crippen molar-refractivity contribution >= 4 is 32.7 Å². The second-order valence-corrected chi connectivity index (χ2v) is 15.9. The molecule has 0 N–H and O–H groups in total. The van der Waals surface area contributed by atoms with Crippen molar-refractivity contribution in [3.63, 3.8) is 0 Å². The molecule has 3 heteroatoms. The predicted octanol–water partition coefficient (Wildman–Crippen LogP) is 13.8. The molecule has 1 spiro atoms. The van der Waals surface area contributed by atoms with Crippen LogP contribution in [-0.2, 0) is 5.41 Å². The summed E-state index contributed by atoms with van der Waals surface area (Å²) in [5, 5.41) is 4.99. The van der Waals surface area contributed by atoms with Gasteiger partial charge in [-0.3, -0.25) is 0 Å². The maximum atomic E-state index is 6.74. The number of para-hydroxylation sites is 1. The van der Waals surface area contributed by atoms with E-state index in [1.807, 2.05) is 0 Å². The van der Waals surface area contributed by atoms with Crippen LogP contribution in [0.15, 0.2) is 188 Å². The molecule has 3 aliphatic carbocycles. The summed E-state index contributed by atoms with van der Waals surface area (Å²) in [7, 11) is 0. The van der Waals surface area contributed by atoms with Crippen LogP contribution in [0.25, 0.3) is 55.1 Å². The third-order valence-electron chi connectivity index (χ3n) is 12.8. The Labute approximate surface area is 338 Å². The summed E-state index contributed by atoms with van der Waals surface area (Å²) in [5.41, 5.74) is 13.8. The van der Waals surface area contributed by atoms with Crippen LogP contribution in [0.1, 0.15) is 64.5 Å². The van der Waals surface area contributed by atoms with Gasteiger partial charge in [-0.1, -0.05) is 158 Å². The van der Waals surface area contributed by atoms with Crippen LogP contribution < -0.4 is 4.74 Å². The second kappa shape index (κ2) is 13.0. The molecule has 0 bridgehead atoms. The van der Waals surface area contributed by atoms with Crippen molar-refractivity contribution in [2.75, 3.05) is 0 Å². The summed E-state index contributed by atoms with van der Waals surface area (Å²) in [5.74, 6) is 2.72. The van der Waals surface area contributed by atoms with Crippen molar-refractivity contribution in [2.24, 2.45) is 0 Å². The van der Waals surface area contributed by atoms with Gasteiger partial charge >= 0.3 is 0 Å². The molecule has 1 aromatic heterocycles. The molecule has 1 aliphatic heterocycles. The van der Waals surface area contributed by atoms with Crippen LogP contribution in [0.3, 0.4) is 0 Å². The zero-order chi connectivity index (χ0) is 38.2. The lowest BCUT2D eigenvalue weighted by Crippen LogP contribution is -2.32. The maximum absolute atomic E-state index is 6.74. The van der Waals surface area contributed by atoms with Crippen molar-refractivity contribution in [3.8, 4) is 33.9 Å². The van der Waals surface area contributed by atoms with Gasteiger partial charge in [-0.25, -0.2) is 9.97 Å². The second-order valence-electron chi connectivity index (χ2n) is 15.9. The fraction of sp³-hybridized carbons (Fsp3) is 0.0909. The quantitative estimate of drug-likeness (QED) is 0.168. The third-order valence-corrected chi connectivity index (χ3v) is 12.8. The molecule has 7 aromatic carbocycles. The van der Waals surface area contributed by atoms with Crippen LogP contribution in [0.4, 0.5) is 0 Å². The van der Waals surface area contributed by atoms with E-state index in [0.29, 0.717) is 0 Å². The van der Waals surface area contributed by atoms with Gasteiger partial charge in [0.25, 0.3) is 0 Å². The molecule has 12 rings (SSSR count). The number of benzene rings is 7. The van der Waals surface area contributed by atoms with Crippen molar-refractivity contribution in [2.45, 2.75) is 30.6 Å². The van der Waals surface area contributed by atoms with Gasteiger partial charge in [-0.2, -0.15) is 0 Å². The highest BCUT2D eigenvalue weighted by Crippen LogP contribution is 2.62. The standard InChI is InChI=1S/C55H38N2O/c1-2-14-36(15-3-1)54-56-50(34-51(57-54)41-27-29-43-39(32-41)26-25-35-13-4-5-18-42(35)43)40-17-12-16-37(31-40)38-28-30-53-49(33-38)55(48-23-10-11-24-52(48)58-53)46-21-8-6-19-44(46)45-20-7-9-22-47(45)55/h1-2,4-14,16-30,32-34,40H,3,15,31H2. The van der Waals surface area contributed by atoms with E-state index in [9.17, 15) is 0 Å². The molecule has 1 unspecified atom stereocenters. The first-order valence-corrected chi connectivity index (χ1v) is 20.4. The molecule has 0 saturated heterocycles. The van der Waals surface area contributed by atoms with E-state index in [1.54, 1.807) is 0 Å². The van der Waals surface area contributed by atoms with Crippen molar-refractivity contribution in [1.29, 1.82) is 0 Å². The van der Waals surface area contributed by atoms with E-state index < -0.39 is 5.41 Å². The van der Waals surface area contributed by atoms with E-state index in [-0.39, 0.29) is 5.92 Å². The predicted molar refractivity (Wildman–Crippen MR) is 237 cm³/mol. The van der Waals surface area contributed by atoms with Crippen LogP contribution >= 0.6 is 0 Å². The topological polar surface area (TPSA) is 35.0 Å². The molecule has 8 aromatic rings. The van der Waals surface area contributed by atoms with E-state index in [2.05, 4.69) is 188 Å². The number of aromatic nitrogens is 2. The van der Waals surface area contributed by atoms with Crippen molar-refractivity contribution in [1.82, 2.24) is 9.97 Å². The van der Waals surface area contributed by atoms with Gasteiger partial charge in [0.1, 0.15) is 11.5 Å². The molecule has 4 aliphatic rings. The fourth-order valence-electron chi connectivity index (χ4n) is 10.1. The molecule has 0 fully saturated rings. The molecule has 58 heavy (non-hydrogen) atoms. The largest absolute Gasteiger partial charge is 0.457 e. The monoisotopic (exact) mass is 742 g/mol. The first-order chi connectivity index (χ1) is 28.7. The molecule has 2 heterocycles. The Hall–Kier alpha value is -7.10. The number of allylic oxidation sites excluding steroid dienone is 8. The first kappa shape index (κ1) is 33.1. The van der Waals surface area contributed by atoms with Gasteiger partial charge in [0.2, 0.25) is 0 Å². The molecule has 274 valence electrons. The fourth-order valence-corrected chi connectivity index (χ4v) is 10.1. The normalized spacial score (nSPS) is 16.9. The highest BCUT2D eigenvalue weighted by atomic mass is 16.5. The van der Waals surface area contributed by atoms with Crippen molar-refractivity contribution in [3.05, 3.63) is 227 Å². The lowest BCUT2D eigenvalue weighted by atomic mass is 9.65. The van der Waals surface area contributed by atoms with Gasteiger partial charge in [-0.05, 0) is 110 Å². The molecule has 0 radical (unpaired) electrons. The summed E-state index contributed by atoms with van der Waals surface area (Å²) in [4.78, 5) is 10.6. The minimum absolute atomic E-state index is 0.0829. The Morgan fingerprint density at radius 1 is 0.534 bits per heavy atom. The number of hydrogen-bond donors (Lipinski definition) is 0. The number of ether oxygens (including phenoxy) is 1. The van der Waals surface area contributed by atoms with Crippen molar-refractivity contribution < 1.29 is 4.74 Å². The molecule has 0 amide bonds. The van der Waals surface area contributed by atoms with Gasteiger partial charge in [0.15, 0.2) is 5.82 Å². The van der Waals surface area contributed by atoms with E-state index in [1.165, 1.54) is 71.6 Å². The Morgan fingerprint density at radius 3 is 2.09 bits per heavy atom. The molecule has 1 atom stereocenters. The van der Waals surface area contributed by atoms with Crippen LogP contribution in [0.2, 0.25) is 0 Å². The van der Waals surface area contributed by atoms with Crippen LogP contribution in [-0.4, -0.2) is 9.97 Å². The average molecular weight is 743 g/mol. The molecular weight excluding hydrogens is 705 g/mol. The van der Waals surface area contributed by atoms with E-state index in [4.69, 9.17) is 14.7 Å². The SMILES string of the molecule is C1=CCCC(c2nc(-c3ccc4c(ccc5ccccc54)c3)cc(C3C=CC=C(c4ccc5c(c4)C4(c6ccccc6O5)c5ccccc5-c5ccccc54)C3)n2)=C1. The van der Waals surface area contributed by atoms with Crippen LogP contribution in [0.5, 0.6) is 11.5 Å². The third kappa shape index (κ3) is 4.99. The lowest BCUT2D eigenvalue weighted by molar-refractivity contribution is 0.436. The van der Waals surface area contributed by atoms with Gasteiger partial charge < -0.3 is 4.74 Å². The summed E-state index contributed by atoms with van der Waals surface area (Å²) in [6.07, 6.45) is 16.1. The van der Waals surface area contributed by atoms with Gasteiger partial charge in [0.05, 0.1) is 16.8 Å². The van der Waals surface area contributed by atoms with Gasteiger partial charge in [-0.15, -0.1) is 0 Å². The van der Waals surface area contributed by atoms with Crippen LogP contribution in [0, 0.1) is 0 Å². The zero-order valence-corrected chi connectivity index (χ0v) is 31.9. The smallest absolute Gasteiger partial charge is 0.156 e. The number of fused-ring (bicyclic) bond motifs is 12.